The molecule has 6 nitrogen and oxygen atoms in total. The van der Waals surface area contributed by atoms with Crippen molar-refractivity contribution in [1.29, 1.82) is 0 Å². The average molecular weight is 458 g/mol. The molecular formula is C20H16F6N4O2. The summed E-state index contributed by atoms with van der Waals surface area (Å²) < 4.78 is 86.3. The Morgan fingerprint density at radius 1 is 1.16 bits per heavy atom. The summed E-state index contributed by atoms with van der Waals surface area (Å²) in [6.45, 7) is 0.0713. The SMILES string of the molecule is O=C(c1ccc(-c2nccc3c2nc(C(F)(F)F)n3CC(F)F)cc1F)N1CCOCC1. The van der Waals surface area contributed by atoms with Gasteiger partial charge in [-0.1, -0.05) is 6.07 Å². The minimum absolute atomic E-state index is 0.0575. The van der Waals surface area contributed by atoms with Gasteiger partial charge in [0.05, 0.1) is 36.5 Å². The van der Waals surface area contributed by atoms with E-state index >= 15 is 0 Å². The summed E-state index contributed by atoms with van der Waals surface area (Å²) >= 11 is 0. The van der Waals surface area contributed by atoms with Crippen LogP contribution in [-0.4, -0.2) is 58.1 Å². The molecule has 0 atom stereocenters. The van der Waals surface area contributed by atoms with Gasteiger partial charge in [-0.3, -0.25) is 9.78 Å². The van der Waals surface area contributed by atoms with Crippen LogP contribution in [0.4, 0.5) is 26.3 Å². The molecule has 170 valence electrons. The molecule has 12 heteroatoms. The summed E-state index contributed by atoms with van der Waals surface area (Å²) in [6, 6.07) is 4.65. The zero-order valence-corrected chi connectivity index (χ0v) is 16.4. The maximum atomic E-state index is 14.8. The smallest absolute Gasteiger partial charge is 0.378 e. The van der Waals surface area contributed by atoms with Crippen LogP contribution in [0.25, 0.3) is 22.3 Å². The normalized spacial score (nSPS) is 15.0. The number of imidazole rings is 1. The summed E-state index contributed by atoms with van der Waals surface area (Å²) in [6.07, 6.45) is -6.90. The van der Waals surface area contributed by atoms with E-state index in [-0.39, 0.29) is 27.9 Å². The Bertz CT molecular complexity index is 1150. The van der Waals surface area contributed by atoms with Crippen molar-refractivity contribution in [3.8, 4) is 11.3 Å². The van der Waals surface area contributed by atoms with E-state index in [1.165, 1.54) is 17.0 Å². The number of pyridine rings is 1. The Labute approximate surface area is 177 Å². The number of nitrogens with zero attached hydrogens (tertiary/aromatic N) is 4. The number of fused-ring (bicyclic) bond motifs is 1. The van der Waals surface area contributed by atoms with Crippen LogP contribution < -0.4 is 0 Å². The summed E-state index contributed by atoms with van der Waals surface area (Å²) in [5, 5.41) is 0. The molecule has 3 aromatic rings. The first-order valence-electron chi connectivity index (χ1n) is 9.54. The third kappa shape index (κ3) is 4.14. The van der Waals surface area contributed by atoms with Crippen LogP contribution >= 0.6 is 0 Å². The molecule has 0 radical (unpaired) electrons. The fraction of sp³-hybridized carbons (Fsp3) is 0.350. The van der Waals surface area contributed by atoms with Gasteiger partial charge >= 0.3 is 6.18 Å². The Kier molecular flexibility index (Phi) is 5.80. The molecule has 0 saturated carbocycles. The van der Waals surface area contributed by atoms with E-state index in [1.807, 2.05) is 0 Å². The fourth-order valence-corrected chi connectivity index (χ4v) is 3.58. The number of amides is 1. The van der Waals surface area contributed by atoms with E-state index in [9.17, 15) is 31.1 Å². The second-order valence-corrected chi connectivity index (χ2v) is 7.06. The number of aromatic nitrogens is 3. The van der Waals surface area contributed by atoms with Crippen LogP contribution in [0, 0.1) is 5.82 Å². The highest BCUT2D eigenvalue weighted by Crippen LogP contribution is 2.35. The topological polar surface area (TPSA) is 60.2 Å². The second kappa shape index (κ2) is 8.41. The van der Waals surface area contributed by atoms with Gasteiger partial charge in [0.1, 0.15) is 11.3 Å². The Morgan fingerprint density at radius 3 is 2.50 bits per heavy atom. The molecule has 1 saturated heterocycles. The number of carbonyl (C=O) groups excluding carboxylic acids is 1. The van der Waals surface area contributed by atoms with Gasteiger partial charge in [-0.2, -0.15) is 13.2 Å². The quantitative estimate of drug-likeness (QED) is 0.555. The molecule has 32 heavy (non-hydrogen) atoms. The Hall–Kier alpha value is -3.15. The lowest BCUT2D eigenvalue weighted by Gasteiger charge is -2.27. The summed E-state index contributed by atoms with van der Waals surface area (Å²) in [5.74, 6) is -2.92. The van der Waals surface area contributed by atoms with Crippen molar-refractivity contribution in [3.63, 3.8) is 0 Å². The number of morpholine rings is 1. The lowest BCUT2D eigenvalue weighted by molar-refractivity contribution is -0.147. The second-order valence-electron chi connectivity index (χ2n) is 7.06. The van der Waals surface area contributed by atoms with Crippen molar-refractivity contribution >= 4 is 16.9 Å². The fourth-order valence-electron chi connectivity index (χ4n) is 3.58. The number of rotatable bonds is 4. The molecule has 0 bridgehead atoms. The monoisotopic (exact) mass is 458 g/mol. The van der Waals surface area contributed by atoms with Crippen LogP contribution in [0.2, 0.25) is 0 Å². The molecule has 1 fully saturated rings. The van der Waals surface area contributed by atoms with E-state index in [2.05, 4.69) is 9.97 Å². The van der Waals surface area contributed by atoms with E-state index < -0.39 is 36.7 Å². The number of ether oxygens (including phenoxy) is 1. The summed E-state index contributed by atoms with van der Waals surface area (Å²) in [7, 11) is 0. The molecule has 1 aliphatic rings. The molecule has 3 heterocycles. The number of carbonyl (C=O) groups is 1. The zero-order valence-electron chi connectivity index (χ0n) is 16.4. The Morgan fingerprint density at radius 2 is 1.88 bits per heavy atom. The number of hydrogen-bond acceptors (Lipinski definition) is 4. The van der Waals surface area contributed by atoms with Crippen molar-refractivity contribution in [2.45, 2.75) is 19.1 Å². The molecule has 0 N–H and O–H groups in total. The maximum absolute atomic E-state index is 14.8. The molecule has 1 amide bonds. The van der Waals surface area contributed by atoms with Crippen molar-refractivity contribution < 1.29 is 35.9 Å². The summed E-state index contributed by atoms with van der Waals surface area (Å²) in [5.41, 5.74) is -0.780. The highest BCUT2D eigenvalue weighted by molar-refractivity contribution is 5.96. The number of hydrogen-bond donors (Lipinski definition) is 0. The molecule has 4 rings (SSSR count). The molecule has 0 unspecified atom stereocenters. The van der Waals surface area contributed by atoms with Crippen LogP contribution in [0.15, 0.2) is 30.5 Å². The van der Waals surface area contributed by atoms with E-state index in [0.29, 0.717) is 30.9 Å². The first kappa shape index (κ1) is 22.1. The molecule has 1 aromatic carbocycles. The van der Waals surface area contributed by atoms with Crippen molar-refractivity contribution in [2.75, 3.05) is 26.3 Å². The predicted molar refractivity (Wildman–Crippen MR) is 101 cm³/mol. The minimum Gasteiger partial charge on any atom is -0.378 e. The average Bonchev–Trinajstić information content (AvgIpc) is 3.12. The van der Waals surface area contributed by atoms with Crippen LogP contribution in [-0.2, 0) is 17.5 Å². The van der Waals surface area contributed by atoms with Gasteiger partial charge in [0.15, 0.2) is 0 Å². The molecular weight excluding hydrogens is 442 g/mol. The van der Waals surface area contributed by atoms with Crippen LogP contribution in [0.3, 0.4) is 0 Å². The summed E-state index contributed by atoms with van der Waals surface area (Å²) in [4.78, 5) is 21.5. The minimum atomic E-state index is -4.98. The first-order valence-corrected chi connectivity index (χ1v) is 9.54. The van der Waals surface area contributed by atoms with Crippen molar-refractivity contribution in [3.05, 3.63) is 47.7 Å². The van der Waals surface area contributed by atoms with Crippen LogP contribution in [0.1, 0.15) is 16.2 Å². The first-order chi connectivity index (χ1) is 15.2. The third-order valence-corrected chi connectivity index (χ3v) is 5.01. The van der Waals surface area contributed by atoms with E-state index in [0.717, 1.165) is 18.3 Å². The standard InChI is InChI=1S/C20H16F6N4O2/c21-13-9-11(1-2-12(13)18(31)29-5-7-32-8-6-29)16-17-14(3-4-27-16)30(10-15(22)23)19(28-17)20(24,25)26/h1-4,9,15H,5-8,10H2. The lowest BCUT2D eigenvalue weighted by Crippen LogP contribution is -2.41. The predicted octanol–water partition coefficient (Wildman–Crippen LogP) is 3.99. The Balaban J connectivity index is 1.77. The van der Waals surface area contributed by atoms with Crippen molar-refractivity contribution in [1.82, 2.24) is 19.4 Å². The van der Waals surface area contributed by atoms with Gasteiger partial charge in [-0.25, -0.2) is 18.2 Å². The van der Waals surface area contributed by atoms with Gasteiger partial charge in [-0.15, -0.1) is 0 Å². The highest BCUT2D eigenvalue weighted by Gasteiger charge is 2.38. The van der Waals surface area contributed by atoms with Crippen LogP contribution in [0.5, 0.6) is 0 Å². The van der Waals surface area contributed by atoms with Gasteiger partial charge < -0.3 is 14.2 Å². The van der Waals surface area contributed by atoms with Gasteiger partial charge in [0.2, 0.25) is 5.82 Å². The third-order valence-electron chi connectivity index (χ3n) is 5.01. The van der Waals surface area contributed by atoms with Gasteiger partial charge in [0, 0.05) is 24.8 Å². The maximum Gasteiger partial charge on any atom is 0.449 e. The molecule has 0 aliphatic carbocycles. The zero-order chi connectivity index (χ0) is 23.0. The van der Waals surface area contributed by atoms with Gasteiger partial charge in [0.25, 0.3) is 12.3 Å². The van der Waals surface area contributed by atoms with Gasteiger partial charge in [-0.05, 0) is 18.2 Å². The molecule has 0 spiro atoms. The van der Waals surface area contributed by atoms with Crippen molar-refractivity contribution in [2.24, 2.45) is 0 Å². The van der Waals surface area contributed by atoms with E-state index in [1.54, 1.807) is 0 Å². The molecule has 2 aromatic heterocycles. The number of alkyl halides is 5. The largest absolute Gasteiger partial charge is 0.449 e. The lowest BCUT2D eigenvalue weighted by atomic mass is 10.1. The number of benzene rings is 1. The van der Waals surface area contributed by atoms with E-state index in [4.69, 9.17) is 4.74 Å². The molecule has 1 aliphatic heterocycles. The highest BCUT2D eigenvalue weighted by atomic mass is 19.4. The number of halogens is 6.